The second-order valence-electron chi connectivity index (χ2n) is 3.65. The first-order chi connectivity index (χ1) is 7.98. The van der Waals surface area contributed by atoms with Crippen molar-refractivity contribution in [1.82, 2.24) is 0 Å². The minimum Gasteiger partial charge on any atom is -0.456 e. The van der Waals surface area contributed by atoms with E-state index in [-0.39, 0.29) is 28.9 Å². The van der Waals surface area contributed by atoms with Crippen LogP contribution in [0.4, 0.5) is 13.2 Å². The third-order valence-electron chi connectivity index (χ3n) is 2.63. The summed E-state index contributed by atoms with van der Waals surface area (Å²) in [4.78, 5) is 11.4. The van der Waals surface area contributed by atoms with Gasteiger partial charge in [0.25, 0.3) is 0 Å². The first-order valence-electron chi connectivity index (χ1n) is 4.77. The highest BCUT2D eigenvalue weighted by molar-refractivity contribution is 6.07. The molecule has 3 nitrogen and oxygen atoms in total. The predicted octanol–water partition coefficient (Wildman–Crippen LogP) is 3.12. The van der Waals surface area contributed by atoms with E-state index < -0.39 is 17.7 Å². The molecule has 17 heavy (non-hydrogen) atoms. The van der Waals surface area contributed by atoms with Gasteiger partial charge >= 0.3 is 12.1 Å². The molecule has 2 heterocycles. The molecular formula is C11H5F3O3. The lowest BCUT2D eigenvalue weighted by atomic mass is 10.1. The average Bonchev–Trinajstić information content (AvgIpc) is 2.76. The summed E-state index contributed by atoms with van der Waals surface area (Å²) in [6.45, 7) is -0.111. The van der Waals surface area contributed by atoms with Crippen molar-refractivity contribution < 1.29 is 27.1 Å². The van der Waals surface area contributed by atoms with Crippen LogP contribution in [0.15, 0.2) is 22.6 Å². The summed E-state index contributed by atoms with van der Waals surface area (Å²) in [7, 11) is 0. The van der Waals surface area contributed by atoms with Crippen molar-refractivity contribution in [1.29, 1.82) is 0 Å². The molecule has 0 fully saturated rings. The van der Waals surface area contributed by atoms with Gasteiger partial charge in [0.2, 0.25) is 0 Å². The number of carbonyl (C=O) groups is 1. The Morgan fingerprint density at radius 2 is 2.00 bits per heavy atom. The number of alkyl halides is 3. The van der Waals surface area contributed by atoms with E-state index in [0.717, 1.165) is 6.07 Å². The predicted molar refractivity (Wildman–Crippen MR) is 50.3 cm³/mol. The molecule has 88 valence electrons. The van der Waals surface area contributed by atoms with Gasteiger partial charge < -0.3 is 9.15 Å². The van der Waals surface area contributed by atoms with E-state index >= 15 is 0 Å². The van der Waals surface area contributed by atoms with Crippen LogP contribution in [0.1, 0.15) is 21.7 Å². The Kier molecular flexibility index (Phi) is 1.81. The molecule has 0 saturated heterocycles. The number of furan rings is 1. The molecule has 0 N–H and O–H groups in total. The van der Waals surface area contributed by atoms with Gasteiger partial charge in [0.1, 0.15) is 11.1 Å². The Labute approximate surface area is 92.8 Å². The van der Waals surface area contributed by atoms with E-state index in [0.29, 0.717) is 0 Å². The number of rotatable bonds is 0. The number of hydrogen-bond donors (Lipinski definition) is 0. The fraction of sp³-hybridized carbons (Fsp3) is 0.182. The second kappa shape index (κ2) is 3.03. The normalized spacial score (nSPS) is 15.1. The number of cyclic esters (lactones) is 1. The number of fused-ring (bicyclic) bond motifs is 3. The zero-order valence-corrected chi connectivity index (χ0v) is 8.30. The molecule has 0 atom stereocenters. The molecule has 0 amide bonds. The smallest absolute Gasteiger partial charge is 0.417 e. The molecule has 0 aliphatic carbocycles. The highest BCUT2D eigenvalue weighted by atomic mass is 19.4. The van der Waals surface area contributed by atoms with E-state index in [1.54, 1.807) is 0 Å². The molecule has 0 spiro atoms. The van der Waals surface area contributed by atoms with Gasteiger partial charge in [-0.25, -0.2) is 4.79 Å². The van der Waals surface area contributed by atoms with Gasteiger partial charge in [-0.05, 0) is 12.1 Å². The van der Waals surface area contributed by atoms with E-state index in [2.05, 4.69) is 4.74 Å². The van der Waals surface area contributed by atoms with Crippen molar-refractivity contribution in [2.45, 2.75) is 12.8 Å². The van der Waals surface area contributed by atoms with Crippen LogP contribution in [0.5, 0.6) is 0 Å². The maximum Gasteiger partial charge on any atom is 0.417 e. The van der Waals surface area contributed by atoms with Gasteiger partial charge in [-0.1, -0.05) is 6.07 Å². The zero-order chi connectivity index (χ0) is 12.2. The lowest BCUT2D eigenvalue weighted by Crippen LogP contribution is -2.07. The van der Waals surface area contributed by atoms with Crippen molar-refractivity contribution >= 4 is 16.9 Å². The SMILES string of the molecule is O=C1OCc2oc3cccc(C(F)(F)F)c3c21. The third-order valence-corrected chi connectivity index (χ3v) is 2.63. The second-order valence-corrected chi connectivity index (χ2v) is 3.65. The van der Waals surface area contributed by atoms with E-state index in [1.807, 2.05) is 0 Å². The van der Waals surface area contributed by atoms with Gasteiger partial charge in [0.15, 0.2) is 12.4 Å². The van der Waals surface area contributed by atoms with Crippen LogP contribution in [0.2, 0.25) is 0 Å². The van der Waals surface area contributed by atoms with E-state index in [4.69, 9.17) is 4.42 Å². The monoisotopic (exact) mass is 242 g/mol. The fourth-order valence-electron chi connectivity index (χ4n) is 1.95. The highest BCUT2D eigenvalue weighted by Crippen LogP contribution is 2.40. The standard InChI is InChI=1S/C11H5F3O3/c12-11(13,14)5-2-1-3-6-8(5)9-7(17-6)4-16-10(9)15/h1-3H,4H2. The van der Waals surface area contributed by atoms with E-state index in [9.17, 15) is 18.0 Å². The molecular weight excluding hydrogens is 237 g/mol. The molecule has 2 aromatic rings. The van der Waals surface area contributed by atoms with Crippen LogP contribution in [-0.4, -0.2) is 5.97 Å². The van der Waals surface area contributed by atoms with Gasteiger partial charge in [-0.2, -0.15) is 13.2 Å². The van der Waals surface area contributed by atoms with Crippen molar-refractivity contribution in [3.05, 3.63) is 35.1 Å². The van der Waals surface area contributed by atoms with Crippen LogP contribution in [0, 0.1) is 0 Å². The number of esters is 1. The first kappa shape index (κ1) is 10.2. The molecule has 3 rings (SSSR count). The van der Waals surface area contributed by atoms with Crippen LogP contribution < -0.4 is 0 Å². The number of carbonyl (C=O) groups excluding carboxylic acids is 1. The maximum absolute atomic E-state index is 12.8. The Morgan fingerprint density at radius 3 is 2.71 bits per heavy atom. The number of hydrogen-bond acceptors (Lipinski definition) is 3. The minimum atomic E-state index is -4.53. The molecule has 0 unspecified atom stereocenters. The van der Waals surface area contributed by atoms with Crippen LogP contribution >= 0.6 is 0 Å². The summed E-state index contributed by atoms with van der Waals surface area (Å²) in [5.74, 6) is -0.614. The van der Waals surface area contributed by atoms with Crippen LogP contribution in [0.3, 0.4) is 0 Å². The topological polar surface area (TPSA) is 39.4 Å². The summed E-state index contributed by atoms with van der Waals surface area (Å²) in [6, 6.07) is 3.56. The Morgan fingerprint density at radius 1 is 1.24 bits per heavy atom. The Hall–Kier alpha value is -1.98. The molecule has 1 aliphatic rings. The van der Waals surface area contributed by atoms with Gasteiger partial charge in [0.05, 0.1) is 5.56 Å². The molecule has 0 radical (unpaired) electrons. The third kappa shape index (κ3) is 1.33. The summed E-state index contributed by atoms with van der Waals surface area (Å²) in [5, 5.41) is -0.211. The largest absolute Gasteiger partial charge is 0.456 e. The summed E-state index contributed by atoms with van der Waals surface area (Å²) < 4.78 is 48.2. The maximum atomic E-state index is 12.8. The summed E-state index contributed by atoms with van der Waals surface area (Å²) in [6.07, 6.45) is -4.53. The molecule has 1 aromatic heterocycles. The fourth-order valence-corrected chi connectivity index (χ4v) is 1.95. The number of ether oxygens (including phenoxy) is 1. The lowest BCUT2D eigenvalue weighted by Gasteiger charge is -2.07. The summed E-state index contributed by atoms with van der Waals surface area (Å²) in [5.41, 5.74) is -0.923. The molecule has 0 saturated carbocycles. The highest BCUT2D eigenvalue weighted by Gasteiger charge is 2.38. The number of halogens is 3. The van der Waals surface area contributed by atoms with Crippen LogP contribution in [-0.2, 0) is 17.5 Å². The lowest BCUT2D eigenvalue weighted by molar-refractivity contribution is -0.136. The van der Waals surface area contributed by atoms with Gasteiger partial charge in [-0.3, -0.25) is 0 Å². The number of benzene rings is 1. The molecule has 1 aliphatic heterocycles. The van der Waals surface area contributed by atoms with Crippen molar-refractivity contribution in [2.24, 2.45) is 0 Å². The van der Waals surface area contributed by atoms with Crippen molar-refractivity contribution in [2.75, 3.05) is 0 Å². The first-order valence-corrected chi connectivity index (χ1v) is 4.77. The quantitative estimate of drug-likeness (QED) is 0.666. The van der Waals surface area contributed by atoms with Gasteiger partial charge in [-0.15, -0.1) is 0 Å². The van der Waals surface area contributed by atoms with Crippen molar-refractivity contribution in [3.63, 3.8) is 0 Å². The van der Waals surface area contributed by atoms with Crippen LogP contribution in [0.25, 0.3) is 11.0 Å². The van der Waals surface area contributed by atoms with E-state index in [1.165, 1.54) is 12.1 Å². The minimum absolute atomic E-state index is 0.0569. The summed E-state index contributed by atoms with van der Waals surface area (Å²) >= 11 is 0. The zero-order valence-electron chi connectivity index (χ0n) is 8.30. The molecule has 1 aromatic carbocycles. The Balaban J connectivity index is 2.42. The molecule has 6 heteroatoms. The van der Waals surface area contributed by atoms with Gasteiger partial charge in [0, 0.05) is 5.39 Å². The molecule has 0 bridgehead atoms. The average molecular weight is 242 g/mol. The Bertz CT molecular complexity index is 625. The van der Waals surface area contributed by atoms with Crippen molar-refractivity contribution in [3.8, 4) is 0 Å².